The summed E-state index contributed by atoms with van der Waals surface area (Å²) in [6, 6.07) is 4.17. The van der Waals surface area contributed by atoms with Gasteiger partial charge in [-0.3, -0.25) is 4.90 Å². The molecule has 1 aliphatic rings. The molecule has 0 spiro atoms. The molecule has 0 saturated carbocycles. The van der Waals surface area contributed by atoms with E-state index in [1.165, 1.54) is 12.1 Å². The van der Waals surface area contributed by atoms with Crippen molar-refractivity contribution in [2.45, 2.75) is 51.2 Å². The van der Waals surface area contributed by atoms with Crippen molar-refractivity contribution in [3.8, 4) is 0 Å². The summed E-state index contributed by atoms with van der Waals surface area (Å²) in [5, 5.41) is 7.44. The maximum Gasteiger partial charge on any atom is 0.240 e. The molecule has 1 N–H and O–H groups in total. The van der Waals surface area contributed by atoms with Gasteiger partial charge < -0.3 is 9.84 Å². The van der Waals surface area contributed by atoms with E-state index in [1.54, 1.807) is 6.07 Å². The summed E-state index contributed by atoms with van der Waals surface area (Å²) < 4.78 is 32.1. The molecule has 0 radical (unpaired) electrons. The van der Waals surface area contributed by atoms with Crippen LogP contribution in [0.4, 0.5) is 8.78 Å². The van der Waals surface area contributed by atoms with Crippen molar-refractivity contribution in [3.63, 3.8) is 0 Å². The van der Waals surface area contributed by atoms with E-state index >= 15 is 0 Å². The number of likely N-dealkylation sites (N-methyl/N-ethyl adjacent to an activating group) is 1. The molecule has 1 aliphatic heterocycles. The van der Waals surface area contributed by atoms with Crippen LogP contribution >= 0.6 is 0 Å². The Morgan fingerprint density at radius 2 is 2.04 bits per heavy atom. The van der Waals surface area contributed by atoms with Gasteiger partial charge in [0.05, 0.1) is 6.54 Å². The Morgan fingerprint density at radius 3 is 2.68 bits per heavy atom. The van der Waals surface area contributed by atoms with Crippen LogP contribution in [0.5, 0.6) is 0 Å². The number of hydrogen-bond donors (Lipinski definition) is 1. The molecular formula is C18H24F2N4O. The molecule has 2 heterocycles. The summed E-state index contributed by atoms with van der Waals surface area (Å²) in [5.74, 6) is -0.439. The minimum Gasteiger partial charge on any atom is -0.338 e. The molecular weight excluding hydrogens is 326 g/mol. The largest absolute Gasteiger partial charge is 0.338 e. The third kappa shape index (κ3) is 3.88. The van der Waals surface area contributed by atoms with Crippen molar-refractivity contribution in [1.29, 1.82) is 0 Å². The fraction of sp³-hybridized carbons (Fsp3) is 0.556. The number of rotatable bonds is 4. The van der Waals surface area contributed by atoms with Gasteiger partial charge in [-0.15, -0.1) is 0 Å². The molecule has 0 amide bonds. The van der Waals surface area contributed by atoms with Crippen LogP contribution in [0.15, 0.2) is 22.7 Å². The number of benzene rings is 1. The van der Waals surface area contributed by atoms with Gasteiger partial charge in [0.1, 0.15) is 0 Å². The Balaban J connectivity index is 1.70. The van der Waals surface area contributed by atoms with Crippen LogP contribution in [0.2, 0.25) is 0 Å². The molecule has 0 aliphatic carbocycles. The second-order valence-corrected chi connectivity index (χ2v) is 7.64. The van der Waals surface area contributed by atoms with Crippen molar-refractivity contribution in [3.05, 3.63) is 47.1 Å². The number of halogens is 2. The highest BCUT2D eigenvalue weighted by Gasteiger charge is 2.33. The van der Waals surface area contributed by atoms with Crippen LogP contribution in [0, 0.1) is 11.6 Å². The molecule has 0 bridgehead atoms. The molecule has 25 heavy (non-hydrogen) atoms. The van der Waals surface area contributed by atoms with Gasteiger partial charge in [0.15, 0.2) is 17.5 Å². The average Bonchev–Trinajstić information content (AvgIpc) is 3.14. The van der Waals surface area contributed by atoms with Crippen LogP contribution in [0.3, 0.4) is 0 Å². The molecule has 1 aromatic carbocycles. The van der Waals surface area contributed by atoms with Crippen molar-refractivity contribution in [2.24, 2.45) is 0 Å². The summed E-state index contributed by atoms with van der Waals surface area (Å²) in [5.41, 5.74) is 0.598. The Morgan fingerprint density at radius 1 is 1.28 bits per heavy atom. The lowest BCUT2D eigenvalue weighted by Crippen LogP contribution is -2.34. The van der Waals surface area contributed by atoms with E-state index in [1.807, 2.05) is 27.8 Å². The predicted octanol–water partition coefficient (Wildman–Crippen LogP) is 3.18. The van der Waals surface area contributed by atoms with Crippen molar-refractivity contribution in [1.82, 2.24) is 20.4 Å². The van der Waals surface area contributed by atoms with E-state index in [0.29, 0.717) is 18.3 Å². The smallest absolute Gasteiger partial charge is 0.240 e. The van der Waals surface area contributed by atoms with Gasteiger partial charge in [0.25, 0.3) is 0 Å². The zero-order chi connectivity index (χ0) is 18.2. The topological polar surface area (TPSA) is 54.2 Å². The fourth-order valence-corrected chi connectivity index (χ4v) is 3.19. The Labute approximate surface area is 146 Å². The summed E-state index contributed by atoms with van der Waals surface area (Å²) in [7, 11) is 1.98. The summed E-state index contributed by atoms with van der Waals surface area (Å²) in [6.45, 7) is 7.40. The maximum atomic E-state index is 13.6. The van der Waals surface area contributed by atoms with Gasteiger partial charge in [-0.05, 0) is 31.2 Å². The van der Waals surface area contributed by atoms with E-state index in [-0.39, 0.29) is 17.5 Å². The normalized spacial score (nSPS) is 21.8. The number of likely N-dealkylation sites (tertiary alicyclic amines) is 1. The molecule has 2 atom stereocenters. The first kappa shape index (κ1) is 17.9. The highest BCUT2D eigenvalue weighted by molar-refractivity contribution is 5.24. The molecule has 1 fully saturated rings. The molecule has 3 rings (SSSR count). The quantitative estimate of drug-likeness (QED) is 0.918. The van der Waals surface area contributed by atoms with Gasteiger partial charge in [-0.1, -0.05) is 32.0 Å². The van der Waals surface area contributed by atoms with E-state index < -0.39 is 11.6 Å². The van der Waals surface area contributed by atoms with Crippen molar-refractivity contribution in [2.75, 3.05) is 13.6 Å². The van der Waals surface area contributed by atoms with Gasteiger partial charge >= 0.3 is 0 Å². The van der Waals surface area contributed by atoms with Gasteiger partial charge in [0, 0.05) is 24.0 Å². The maximum absolute atomic E-state index is 13.6. The van der Waals surface area contributed by atoms with E-state index in [0.717, 1.165) is 18.5 Å². The molecule has 1 saturated heterocycles. The number of aromatic nitrogens is 2. The highest BCUT2D eigenvalue weighted by Crippen LogP contribution is 2.32. The zero-order valence-electron chi connectivity index (χ0n) is 15.0. The number of nitrogens with zero attached hydrogens (tertiary/aromatic N) is 3. The first-order valence-electron chi connectivity index (χ1n) is 8.47. The molecule has 1 aromatic heterocycles. The second kappa shape index (κ2) is 6.80. The van der Waals surface area contributed by atoms with Crippen LogP contribution in [-0.2, 0) is 12.0 Å². The molecule has 2 unspecified atom stereocenters. The van der Waals surface area contributed by atoms with Gasteiger partial charge in [-0.25, -0.2) is 8.78 Å². The third-order valence-electron chi connectivity index (χ3n) is 4.59. The number of nitrogens with one attached hydrogen (secondary N) is 1. The van der Waals surface area contributed by atoms with E-state index in [2.05, 4.69) is 20.4 Å². The Kier molecular flexibility index (Phi) is 4.88. The zero-order valence-corrected chi connectivity index (χ0v) is 15.0. The Hall–Kier alpha value is -1.86. The third-order valence-corrected chi connectivity index (χ3v) is 4.59. The second-order valence-electron chi connectivity index (χ2n) is 7.64. The number of hydrogen-bond acceptors (Lipinski definition) is 5. The lowest BCUT2D eigenvalue weighted by molar-refractivity contribution is 0.277. The van der Waals surface area contributed by atoms with Crippen LogP contribution in [0.25, 0.3) is 0 Å². The van der Waals surface area contributed by atoms with Crippen molar-refractivity contribution < 1.29 is 13.3 Å². The Bertz CT molecular complexity index is 741. The van der Waals surface area contributed by atoms with Crippen molar-refractivity contribution >= 4 is 0 Å². The summed E-state index contributed by atoms with van der Waals surface area (Å²) >= 11 is 0. The fourth-order valence-electron chi connectivity index (χ4n) is 3.19. The molecule has 7 heteroatoms. The standard InChI is InChI=1S/C18H24F2N4O/c1-18(2,3)17-22-15(25-23-17)10-21-14-7-8-24(4)16(14)11-5-6-12(19)13(20)9-11/h5-6,9,14,16,21H,7-8,10H2,1-4H3. The predicted molar refractivity (Wildman–Crippen MR) is 90.0 cm³/mol. The van der Waals surface area contributed by atoms with Crippen LogP contribution in [0.1, 0.15) is 50.5 Å². The summed E-state index contributed by atoms with van der Waals surface area (Å²) in [6.07, 6.45) is 0.903. The van der Waals surface area contributed by atoms with E-state index in [9.17, 15) is 8.78 Å². The molecule has 5 nitrogen and oxygen atoms in total. The van der Waals surface area contributed by atoms with Gasteiger partial charge in [0.2, 0.25) is 5.89 Å². The SMILES string of the molecule is CN1CCC(NCc2nc(C(C)(C)C)no2)C1c1ccc(F)c(F)c1. The lowest BCUT2D eigenvalue weighted by Gasteiger charge is -2.26. The highest BCUT2D eigenvalue weighted by atomic mass is 19.2. The lowest BCUT2D eigenvalue weighted by atomic mass is 9.96. The summed E-state index contributed by atoms with van der Waals surface area (Å²) in [4.78, 5) is 6.56. The first-order valence-corrected chi connectivity index (χ1v) is 8.47. The molecule has 136 valence electrons. The monoisotopic (exact) mass is 350 g/mol. The minimum absolute atomic E-state index is 0.0277. The minimum atomic E-state index is -0.825. The van der Waals surface area contributed by atoms with Crippen LogP contribution < -0.4 is 5.32 Å². The first-order chi connectivity index (χ1) is 11.8. The molecule has 2 aromatic rings. The van der Waals surface area contributed by atoms with Gasteiger partial charge in [-0.2, -0.15) is 4.98 Å². The van der Waals surface area contributed by atoms with Crippen LogP contribution in [-0.4, -0.2) is 34.7 Å². The van der Waals surface area contributed by atoms with E-state index in [4.69, 9.17) is 4.52 Å². The average molecular weight is 350 g/mol.